The second kappa shape index (κ2) is 14.3. The summed E-state index contributed by atoms with van der Waals surface area (Å²) in [6, 6.07) is 25.6. The molecule has 0 bridgehead atoms. The summed E-state index contributed by atoms with van der Waals surface area (Å²) in [6.07, 6.45) is 2.58. The van der Waals surface area contributed by atoms with Crippen molar-refractivity contribution in [1.29, 1.82) is 0 Å². The molecular weight excluding hydrogens is 527 g/mol. The zero-order chi connectivity index (χ0) is 28.4. The summed E-state index contributed by atoms with van der Waals surface area (Å²) in [5.74, 6) is -0.291. The summed E-state index contributed by atoms with van der Waals surface area (Å²) >= 11 is 0. The molecule has 9 heteroatoms. The van der Waals surface area contributed by atoms with E-state index in [0.717, 1.165) is 16.7 Å². The minimum absolute atomic E-state index is 0.0792. The van der Waals surface area contributed by atoms with E-state index in [0.29, 0.717) is 38.7 Å². The summed E-state index contributed by atoms with van der Waals surface area (Å²) < 4.78 is 23.3. The van der Waals surface area contributed by atoms with E-state index in [1.54, 1.807) is 37.3 Å². The molecule has 3 aromatic carbocycles. The van der Waals surface area contributed by atoms with Crippen molar-refractivity contribution in [2.45, 2.75) is 51.1 Å². The van der Waals surface area contributed by atoms with Crippen LogP contribution in [0.15, 0.2) is 84.9 Å². The van der Waals surface area contributed by atoms with E-state index in [2.05, 4.69) is 10.6 Å². The number of nitrogens with one attached hydrogen (secondary N) is 2. The highest BCUT2D eigenvalue weighted by Crippen LogP contribution is 2.41. The second-order valence-electron chi connectivity index (χ2n) is 10.0. The van der Waals surface area contributed by atoms with Crippen molar-refractivity contribution in [2.24, 2.45) is 5.92 Å². The van der Waals surface area contributed by atoms with Crippen molar-refractivity contribution >= 4 is 19.5 Å². The minimum Gasteiger partial charge on any atom is -0.466 e. The van der Waals surface area contributed by atoms with Crippen molar-refractivity contribution in [3.63, 3.8) is 0 Å². The number of hydrogen-bond acceptors (Lipinski definition) is 6. The molecule has 0 aliphatic heterocycles. The largest absolute Gasteiger partial charge is 0.466 e. The Labute approximate surface area is 235 Å². The molecule has 1 aliphatic rings. The third-order valence-electron chi connectivity index (χ3n) is 7.04. The molecule has 0 heterocycles. The van der Waals surface area contributed by atoms with Gasteiger partial charge in [0.1, 0.15) is 12.0 Å². The van der Waals surface area contributed by atoms with Gasteiger partial charge in [-0.2, -0.15) is 0 Å². The number of rotatable bonds is 12. The van der Waals surface area contributed by atoms with E-state index >= 15 is 0 Å². The molecule has 1 fully saturated rings. The van der Waals surface area contributed by atoms with E-state index in [1.807, 2.05) is 54.6 Å². The van der Waals surface area contributed by atoms with Crippen LogP contribution in [0.4, 0.5) is 0 Å². The summed E-state index contributed by atoms with van der Waals surface area (Å²) in [7, 11) is -4.07. The molecule has 40 heavy (non-hydrogen) atoms. The number of carbonyl (C=O) groups is 2. The predicted molar refractivity (Wildman–Crippen MR) is 155 cm³/mol. The molecule has 212 valence electrons. The molecular formula is C31H37N2O6P. The van der Waals surface area contributed by atoms with Crippen LogP contribution in [-0.2, 0) is 25.3 Å². The normalized spacial score (nSPS) is 19.1. The quantitative estimate of drug-likeness (QED) is 0.202. The molecule has 8 nitrogen and oxygen atoms in total. The Morgan fingerprint density at radius 1 is 0.900 bits per heavy atom. The molecule has 3 aromatic rings. The van der Waals surface area contributed by atoms with Crippen LogP contribution in [0, 0.1) is 5.92 Å². The zero-order valence-corrected chi connectivity index (χ0v) is 23.6. The lowest BCUT2D eigenvalue weighted by atomic mass is 9.86. The van der Waals surface area contributed by atoms with E-state index in [-0.39, 0.29) is 29.6 Å². The molecule has 1 aliphatic carbocycles. The fraction of sp³-hybridized carbons (Fsp3) is 0.355. The first-order valence-corrected chi connectivity index (χ1v) is 15.5. The van der Waals surface area contributed by atoms with Crippen LogP contribution < -0.4 is 15.2 Å². The van der Waals surface area contributed by atoms with E-state index < -0.39 is 19.9 Å². The average molecular weight is 565 g/mol. The maximum Gasteiger partial charge on any atom is 0.390 e. The first kappa shape index (κ1) is 29.5. The molecule has 1 unspecified atom stereocenters. The fourth-order valence-corrected chi connectivity index (χ4v) is 5.86. The van der Waals surface area contributed by atoms with Gasteiger partial charge in [-0.05, 0) is 67.9 Å². The molecule has 3 N–H and O–H groups in total. The van der Waals surface area contributed by atoms with Gasteiger partial charge in [-0.15, -0.1) is 0 Å². The van der Waals surface area contributed by atoms with Gasteiger partial charge in [0, 0.05) is 6.04 Å². The Morgan fingerprint density at radius 2 is 1.50 bits per heavy atom. The number of hydrogen-bond donors (Lipinski definition) is 3. The maximum absolute atomic E-state index is 13.4. The van der Waals surface area contributed by atoms with Crippen LogP contribution in [0.3, 0.4) is 0 Å². The third kappa shape index (κ3) is 8.78. The van der Waals surface area contributed by atoms with Crippen molar-refractivity contribution < 1.29 is 28.3 Å². The highest BCUT2D eigenvalue weighted by Gasteiger charge is 2.31. The summed E-state index contributed by atoms with van der Waals surface area (Å²) in [5.41, 5.74) is 3.07. The molecule has 0 radical (unpaired) electrons. The van der Waals surface area contributed by atoms with Crippen molar-refractivity contribution in [3.8, 4) is 16.9 Å². The number of amides is 1. The number of ether oxygens (including phenoxy) is 1. The van der Waals surface area contributed by atoms with Gasteiger partial charge in [0.05, 0.1) is 18.6 Å². The van der Waals surface area contributed by atoms with Crippen molar-refractivity contribution in [3.05, 3.63) is 90.5 Å². The minimum atomic E-state index is -4.07. The van der Waals surface area contributed by atoms with Gasteiger partial charge in [-0.25, -0.2) is 4.57 Å². The summed E-state index contributed by atoms with van der Waals surface area (Å²) in [4.78, 5) is 36.0. The van der Waals surface area contributed by atoms with E-state index in [9.17, 15) is 19.0 Å². The molecule has 0 spiro atoms. The molecule has 4 rings (SSSR count). The molecule has 1 amide bonds. The van der Waals surface area contributed by atoms with Gasteiger partial charge in [0.25, 0.3) is 0 Å². The smallest absolute Gasteiger partial charge is 0.390 e. The van der Waals surface area contributed by atoms with Gasteiger partial charge in [-0.1, -0.05) is 72.8 Å². The average Bonchev–Trinajstić information content (AvgIpc) is 2.97. The lowest BCUT2D eigenvalue weighted by Gasteiger charge is -2.29. The molecule has 0 saturated heterocycles. The first-order valence-electron chi connectivity index (χ1n) is 13.7. The van der Waals surface area contributed by atoms with Crippen molar-refractivity contribution in [1.82, 2.24) is 10.6 Å². The Balaban J connectivity index is 1.41. The number of carbonyl (C=O) groups excluding carboxylic acids is 2. The molecule has 1 saturated carbocycles. The van der Waals surface area contributed by atoms with Crippen LogP contribution in [0.25, 0.3) is 11.1 Å². The van der Waals surface area contributed by atoms with Gasteiger partial charge in [-0.3, -0.25) is 14.9 Å². The van der Waals surface area contributed by atoms with Crippen LogP contribution in [0.1, 0.15) is 38.2 Å². The fourth-order valence-electron chi connectivity index (χ4n) is 4.90. The lowest BCUT2D eigenvalue weighted by Crippen LogP contribution is -2.50. The van der Waals surface area contributed by atoms with Crippen molar-refractivity contribution in [2.75, 3.05) is 12.9 Å². The first-order chi connectivity index (χ1) is 19.3. The van der Waals surface area contributed by atoms with Gasteiger partial charge in [0.15, 0.2) is 0 Å². The van der Waals surface area contributed by atoms with E-state index in [1.165, 1.54) is 0 Å². The van der Waals surface area contributed by atoms with Gasteiger partial charge >= 0.3 is 13.6 Å². The highest BCUT2D eigenvalue weighted by atomic mass is 31.2. The predicted octanol–water partition coefficient (Wildman–Crippen LogP) is 5.31. The van der Waals surface area contributed by atoms with Gasteiger partial charge < -0.3 is 19.5 Å². The van der Waals surface area contributed by atoms with Crippen LogP contribution >= 0.6 is 7.60 Å². The monoisotopic (exact) mass is 564 g/mol. The van der Waals surface area contributed by atoms with Crippen LogP contribution in [-0.4, -0.2) is 41.7 Å². The summed E-state index contributed by atoms with van der Waals surface area (Å²) in [6.45, 7) is 2.15. The topological polar surface area (TPSA) is 114 Å². The van der Waals surface area contributed by atoms with Crippen LogP contribution in [0.2, 0.25) is 0 Å². The molecule has 0 aromatic heterocycles. The van der Waals surface area contributed by atoms with Gasteiger partial charge in [0.2, 0.25) is 5.91 Å². The van der Waals surface area contributed by atoms with Crippen LogP contribution in [0.5, 0.6) is 5.75 Å². The Kier molecular flexibility index (Phi) is 10.5. The van der Waals surface area contributed by atoms with E-state index in [4.69, 9.17) is 9.26 Å². The highest BCUT2D eigenvalue weighted by molar-refractivity contribution is 7.53. The Morgan fingerprint density at radius 3 is 2.12 bits per heavy atom. The lowest BCUT2D eigenvalue weighted by molar-refractivity contribution is -0.149. The third-order valence-corrected chi connectivity index (χ3v) is 8.12. The number of para-hydroxylation sites is 1. The number of esters is 1. The number of benzene rings is 3. The SMILES string of the molecule is CCOC(=O)C1CCC(NC(=O)[C@H](Cc2ccc(-c3ccccc3)cc2)NCP(=O)(O)Oc2ccccc2)CC1. The standard InChI is InChI=1S/C31H37N2O6P/c1-2-38-31(35)26-17-19-27(20-18-26)33-30(34)29(32-22-40(36,37)39-28-11-7-4-8-12-28)21-23-13-15-25(16-14-23)24-9-5-3-6-10-24/h3-16,26-27,29,32H,2,17-22H2,1H3,(H,33,34)(H,36,37)/t26?,27?,29-/m0/s1. The Bertz CT molecular complexity index is 1280. The second-order valence-corrected chi connectivity index (χ2v) is 11.8. The summed E-state index contributed by atoms with van der Waals surface area (Å²) in [5, 5.41) is 6.07. The maximum atomic E-state index is 13.4. The molecule has 2 atom stereocenters. The Hall–Kier alpha value is -3.45. The zero-order valence-electron chi connectivity index (χ0n) is 22.7.